The van der Waals surface area contributed by atoms with Gasteiger partial charge < -0.3 is 14.8 Å². The summed E-state index contributed by atoms with van der Waals surface area (Å²) in [7, 11) is 2.09. The Bertz CT molecular complexity index is 800. The molecule has 3 heterocycles. The second kappa shape index (κ2) is 11.9. The van der Waals surface area contributed by atoms with Crippen LogP contribution in [0.4, 0.5) is 0 Å². The number of fused-ring (bicyclic) bond motifs is 2. The minimum atomic E-state index is -0.174. The lowest BCUT2D eigenvalue weighted by Crippen LogP contribution is -2.42. The maximum atomic E-state index is 11.9. The third-order valence-electron chi connectivity index (χ3n) is 5.38. The molecule has 1 aliphatic heterocycles. The van der Waals surface area contributed by atoms with E-state index in [1.807, 2.05) is 25.4 Å². The number of carbonyl (C=O) groups excluding carboxylic acids is 1. The minimum absolute atomic E-state index is 0.00183. The first kappa shape index (κ1) is 23.3. The van der Waals surface area contributed by atoms with Gasteiger partial charge in [-0.05, 0) is 37.9 Å². The van der Waals surface area contributed by atoms with Crippen molar-refractivity contribution in [3.05, 3.63) is 42.0 Å². The molecular weight excluding hydrogens is 396 g/mol. The van der Waals surface area contributed by atoms with E-state index >= 15 is 0 Å². The number of carbonyl (C=O) groups is 1. The molecule has 2 aromatic rings. The Kier molecular flexibility index (Phi) is 8.93. The number of esters is 1. The van der Waals surface area contributed by atoms with Crippen molar-refractivity contribution in [1.29, 1.82) is 0 Å². The highest BCUT2D eigenvalue weighted by atomic mass is 16.5. The summed E-state index contributed by atoms with van der Waals surface area (Å²) in [6, 6.07) is 4.12. The molecule has 9 nitrogen and oxygen atoms in total. The van der Waals surface area contributed by atoms with Crippen LogP contribution in [0, 0.1) is 5.92 Å². The standard InChI is InChI=1S/C22H34N6O3/c1-17-10-24-18(2)15-31-22(29)7-5-9-28-13-20(25-26-28)16-30-21(17)14-27(3)12-19-6-4-8-23-11-19/h4,6,8,11,13,17-18,21,24H,5,7,9-10,12,14-16H2,1-3H3/t17-,18-,21-/m0/s1. The van der Waals surface area contributed by atoms with E-state index in [4.69, 9.17) is 9.47 Å². The quantitative estimate of drug-likeness (QED) is 0.732. The van der Waals surface area contributed by atoms with E-state index in [2.05, 4.69) is 45.6 Å². The number of pyridine rings is 1. The molecule has 0 amide bonds. The van der Waals surface area contributed by atoms with Crippen LogP contribution >= 0.6 is 0 Å². The zero-order valence-corrected chi connectivity index (χ0v) is 18.7. The molecule has 31 heavy (non-hydrogen) atoms. The van der Waals surface area contributed by atoms with Gasteiger partial charge in [0.05, 0.1) is 18.9 Å². The molecule has 0 aromatic carbocycles. The lowest BCUT2D eigenvalue weighted by molar-refractivity contribution is -0.144. The topological polar surface area (TPSA) is 94.4 Å². The van der Waals surface area contributed by atoms with Crippen molar-refractivity contribution in [1.82, 2.24) is 30.2 Å². The normalized spacial score (nSPS) is 24.1. The van der Waals surface area contributed by atoms with Crippen molar-refractivity contribution in [3.8, 4) is 0 Å². The highest BCUT2D eigenvalue weighted by Gasteiger charge is 2.22. The smallest absolute Gasteiger partial charge is 0.305 e. The van der Waals surface area contributed by atoms with Crippen LogP contribution in [0.1, 0.15) is 37.9 Å². The summed E-state index contributed by atoms with van der Waals surface area (Å²) in [4.78, 5) is 18.4. The third kappa shape index (κ3) is 8.01. The average Bonchev–Trinajstić information content (AvgIpc) is 3.21. The first-order chi connectivity index (χ1) is 15.0. The average molecular weight is 431 g/mol. The Balaban J connectivity index is 1.65. The molecule has 0 radical (unpaired) electrons. The number of nitrogens with zero attached hydrogens (tertiary/aromatic N) is 5. The van der Waals surface area contributed by atoms with Crippen molar-refractivity contribution in [2.24, 2.45) is 5.92 Å². The number of cyclic esters (lactones) is 1. The number of hydrogen-bond donors (Lipinski definition) is 1. The molecule has 3 rings (SSSR count). The predicted octanol–water partition coefficient (Wildman–Crippen LogP) is 1.64. The summed E-state index contributed by atoms with van der Waals surface area (Å²) in [5.74, 6) is 0.0739. The van der Waals surface area contributed by atoms with Crippen molar-refractivity contribution in [3.63, 3.8) is 0 Å². The fourth-order valence-corrected chi connectivity index (χ4v) is 3.53. The Morgan fingerprint density at radius 2 is 2.23 bits per heavy atom. The summed E-state index contributed by atoms with van der Waals surface area (Å²) >= 11 is 0. The molecule has 0 saturated carbocycles. The highest BCUT2D eigenvalue weighted by Crippen LogP contribution is 2.14. The largest absolute Gasteiger partial charge is 0.464 e. The lowest BCUT2D eigenvalue weighted by Gasteiger charge is -2.29. The molecule has 0 unspecified atom stereocenters. The van der Waals surface area contributed by atoms with Gasteiger partial charge in [-0.15, -0.1) is 5.10 Å². The number of aryl methyl sites for hydroxylation is 1. The van der Waals surface area contributed by atoms with Crippen molar-refractivity contribution in [2.75, 3.05) is 26.7 Å². The molecule has 9 heteroatoms. The van der Waals surface area contributed by atoms with Crippen molar-refractivity contribution in [2.45, 2.75) is 58.5 Å². The van der Waals surface area contributed by atoms with E-state index in [1.54, 1.807) is 10.9 Å². The summed E-state index contributed by atoms with van der Waals surface area (Å²) < 4.78 is 13.5. The third-order valence-corrected chi connectivity index (χ3v) is 5.38. The van der Waals surface area contributed by atoms with Crippen molar-refractivity contribution < 1.29 is 14.3 Å². The van der Waals surface area contributed by atoms with Crippen LogP contribution < -0.4 is 5.32 Å². The second-order valence-corrected chi connectivity index (χ2v) is 8.45. The number of rotatable bonds is 4. The van der Waals surface area contributed by atoms with E-state index < -0.39 is 0 Å². The number of ether oxygens (including phenoxy) is 2. The summed E-state index contributed by atoms with van der Waals surface area (Å²) in [5.41, 5.74) is 1.96. The van der Waals surface area contributed by atoms with Gasteiger partial charge in [0.25, 0.3) is 0 Å². The predicted molar refractivity (Wildman–Crippen MR) is 116 cm³/mol. The van der Waals surface area contributed by atoms with E-state index in [1.165, 1.54) is 5.56 Å². The van der Waals surface area contributed by atoms with E-state index in [9.17, 15) is 4.79 Å². The molecular formula is C22H34N6O3. The summed E-state index contributed by atoms with van der Waals surface area (Å²) in [6.45, 7) is 7.95. The zero-order chi connectivity index (χ0) is 22.1. The van der Waals surface area contributed by atoms with Crippen LogP contribution in [-0.2, 0) is 34.0 Å². The van der Waals surface area contributed by atoms with Crippen molar-refractivity contribution >= 4 is 5.97 Å². The summed E-state index contributed by atoms with van der Waals surface area (Å²) in [6.07, 6.45) is 6.61. The van der Waals surface area contributed by atoms with Gasteiger partial charge in [-0.2, -0.15) is 0 Å². The number of likely N-dealkylation sites (N-methyl/N-ethyl adjacent to an activating group) is 1. The number of hydrogen-bond acceptors (Lipinski definition) is 8. The number of nitrogens with one attached hydrogen (secondary N) is 1. The van der Waals surface area contributed by atoms with Gasteiger partial charge in [0, 0.05) is 51.0 Å². The van der Waals surface area contributed by atoms with Crippen LogP contribution in [0.2, 0.25) is 0 Å². The molecule has 0 fully saturated rings. The van der Waals surface area contributed by atoms with Crippen LogP contribution in [0.15, 0.2) is 30.7 Å². The molecule has 2 bridgehead atoms. The van der Waals surface area contributed by atoms with Crippen LogP contribution in [0.3, 0.4) is 0 Å². The molecule has 1 aliphatic rings. The minimum Gasteiger partial charge on any atom is -0.464 e. The maximum Gasteiger partial charge on any atom is 0.305 e. The molecule has 3 atom stereocenters. The highest BCUT2D eigenvalue weighted by molar-refractivity contribution is 5.69. The van der Waals surface area contributed by atoms with Gasteiger partial charge in [-0.3, -0.25) is 19.4 Å². The molecule has 0 spiro atoms. The van der Waals surface area contributed by atoms with E-state index in [0.29, 0.717) is 32.6 Å². The Labute approximate surface area is 184 Å². The molecule has 2 aromatic heterocycles. The van der Waals surface area contributed by atoms with Gasteiger partial charge in [-0.25, -0.2) is 0 Å². The van der Waals surface area contributed by atoms with Crippen LogP contribution in [-0.4, -0.2) is 69.7 Å². The van der Waals surface area contributed by atoms with Gasteiger partial charge in [0.1, 0.15) is 12.3 Å². The SMILES string of the molecule is C[C@H]1COC(=O)CCCn2cc(nn2)CO[C@@H](CN(C)Cc2cccnc2)[C@@H](C)CN1. The Morgan fingerprint density at radius 1 is 1.35 bits per heavy atom. The van der Waals surface area contributed by atoms with Crippen LogP contribution in [0.25, 0.3) is 0 Å². The first-order valence-corrected chi connectivity index (χ1v) is 11.0. The summed E-state index contributed by atoms with van der Waals surface area (Å²) in [5, 5.41) is 11.8. The fourth-order valence-electron chi connectivity index (χ4n) is 3.53. The molecule has 170 valence electrons. The van der Waals surface area contributed by atoms with Gasteiger partial charge in [0.15, 0.2) is 0 Å². The number of aromatic nitrogens is 4. The van der Waals surface area contributed by atoms with Crippen LogP contribution in [0.5, 0.6) is 0 Å². The monoisotopic (exact) mass is 430 g/mol. The van der Waals surface area contributed by atoms with Gasteiger partial charge >= 0.3 is 5.97 Å². The van der Waals surface area contributed by atoms with E-state index in [0.717, 1.165) is 25.3 Å². The zero-order valence-electron chi connectivity index (χ0n) is 18.7. The maximum absolute atomic E-state index is 11.9. The fraction of sp³-hybridized carbons (Fsp3) is 0.636. The first-order valence-electron chi connectivity index (χ1n) is 11.0. The molecule has 0 aliphatic carbocycles. The Morgan fingerprint density at radius 3 is 3.03 bits per heavy atom. The second-order valence-electron chi connectivity index (χ2n) is 8.45. The van der Waals surface area contributed by atoms with Gasteiger partial charge in [0.2, 0.25) is 0 Å². The lowest BCUT2D eigenvalue weighted by atomic mass is 10.0. The Hall–Kier alpha value is -2.36. The molecule has 0 saturated heterocycles. The molecule has 1 N–H and O–H groups in total. The van der Waals surface area contributed by atoms with E-state index in [-0.39, 0.29) is 24.0 Å². The van der Waals surface area contributed by atoms with Gasteiger partial charge in [-0.1, -0.05) is 18.2 Å².